The van der Waals surface area contributed by atoms with Crippen LogP contribution in [0.25, 0.3) is 0 Å². The zero-order valence-corrected chi connectivity index (χ0v) is 11.7. The molecule has 0 aliphatic heterocycles. The van der Waals surface area contributed by atoms with Crippen LogP contribution in [0.4, 0.5) is 0 Å². The zero-order valence-electron chi connectivity index (χ0n) is 10.2. The monoisotopic (exact) mass is 308 g/mol. The summed E-state index contributed by atoms with van der Waals surface area (Å²) < 4.78 is 0. The van der Waals surface area contributed by atoms with Crippen LogP contribution in [-0.2, 0) is 0 Å². The predicted octanol–water partition coefficient (Wildman–Crippen LogP) is 3.46. The smallest absolute Gasteiger partial charge is 0.275 e. The molecule has 0 unspecified atom stereocenters. The Morgan fingerprint density at radius 3 is 2.65 bits per heavy atom. The molecule has 2 aromatic rings. The molecule has 102 valence electrons. The van der Waals surface area contributed by atoms with E-state index in [0.29, 0.717) is 10.0 Å². The molecule has 0 radical (unpaired) electrons. The summed E-state index contributed by atoms with van der Waals surface area (Å²) in [6.45, 7) is 0. The van der Waals surface area contributed by atoms with Crippen molar-refractivity contribution in [1.29, 1.82) is 0 Å². The van der Waals surface area contributed by atoms with Crippen LogP contribution in [0.1, 0.15) is 15.9 Å². The fourth-order valence-corrected chi connectivity index (χ4v) is 1.87. The van der Waals surface area contributed by atoms with Crippen LogP contribution in [0.15, 0.2) is 47.6 Å². The highest BCUT2D eigenvalue weighted by Gasteiger charge is 2.10. The minimum atomic E-state index is -0.553. The molecule has 6 heteroatoms. The van der Waals surface area contributed by atoms with E-state index in [9.17, 15) is 9.90 Å². The summed E-state index contributed by atoms with van der Waals surface area (Å²) in [4.78, 5) is 11.8. The van der Waals surface area contributed by atoms with E-state index in [-0.39, 0.29) is 11.3 Å². The number of halogens is 2. The first-order valence-electron chi connectivity index (χ1n) is 5.64. The third-order valence-electron chi connectivity index (χ3n) is 2.43. The summed E-state index contributed by atoms with van der Waals surface area (Å²) in [5, 5.41) is 14.3. The van der Waals surface area contributed by atoms with Gasteiger partial charge in [0, 0.05) is 10.0 Å². The van der Waals surface area contributed by atoms with Gasteiger partial charge in [0.1, 0.15) is 5.75 Å². The Labute approximate surface area is 125 Å². The van der Waals surface area contributed by atoms with Crippen LogP contribution in [0.3, 0.4) is 0 Å². The van der Waals surface area contributed by atoms with Crippen LogP contribution >= 0.6 is 23.2 Å². The standard InChI is InChI=1S/C14H10Cl2N2O2/c15-10-3-1-2-9(6-10)8-17-18-14(20)12-7-11(16)4-5-13(12)19/h1-8,19H,(H,18,20). The number of nitrogens with zero attached hydrogens (tertiary/aromatic N) is 1. The number of phenols is 1. The van der Waals surface area contributed by atoms with Gasteiger partial charge in [0.05, 0.1) is 11.8 Å². The highest BCUT2D eigenvalue weighted by molar-refractivity contribution is 6.31. The van der Waals surface area contributed by atoms with Gasteiger partial charge in [0.15, 0.2) is 0 Å². The summed E-state index contributed by atoms with van der Waals surface area (Å²) in [7, 11) is 0. The zero-order chi connectivity index (χ0) is 14.5. The summed E-state index contributed by atoms with van der Waals surface area (Å²) in [6.07, 6.45) is 1.45. The third kappa shape index (κ3) is 3.73. The molecule has 0 aromatic heterocycles. The molecule has 0 atom stereocenters. The number of nitrogens with one attached hydrogen (secondary N) is 1. The van der Waals surface area contributed by atoms with Crippen molar-refractivity contribution >= 4 is 35.3 Å². The number of carbonyl (C=O) groups excluding carboxylic acids is 1. The van der Waals surface area contributed by atoms with Gasteiger partial charge in [-0.15, -0.1) is 0 Å². The summed E-state index contributed by atoms with van der Waals surface area (Å²) in [6, 6.07) is 11.2. The fraction of sp³-hybridized carbons (Fsp3) is 0. The predicted molar refractivity (Wildman–Crippen MR) is 79.6 cm³/mol. The number of hydrogen-bond acceptors (Lipinski definition) is 3. The van der Waals surface area contributed by atoms with Crippen LogP contribution in [-0.4, -0.2) is 17.2 Å². The first-order chi connectivity index (χ1) is 9.56. The van der Waals surface area contributed by atoms with Crippen molar-refractivity contribution in [3.05, 3.63) is 63.6 Å². The molecule has 2 aromatic carbocycles. The number of phenolic OH excluding ortho intramolecular Hbond substituents is 1. The molecule has 0 fully saturated rings. The van der Waals surface area contributed by atoms with Gasteiger partial charge in [-0.25, -0.2) is 5.43 Å². The van der Waals surface area contributed by atoms with E-state index in [0.717, 1.165) is 5.56 Å². The number of benzene rings is 2. The van der Waals surface area contributed by atoms with E-state index < -0.39 is 5.91 Å². The van der Waals surface area contributed by atoms with Crippen molar-refractivity contribution in [3.63, 3.8) is 0 Å². The molecule has 0 bridgehead atoms. The van der Waals surface area contributed by atoms with Crippen LogP contribution in [0.5, 0.6) is 5.75 Å². The lowest BCUT2D eigenvalue weighted by Crippen LogP contribution is -2.17. The van der Waals surface area contributed by atoms with Crippen molar-refractivity contribution < 1.29 is 9.90 Å². The topological polar surface area (TPSA) is 61.7 Å². The van der Waals surface area contributed by atoms with Crippen molar-refractivity contribution in [1.82, 2.24) is 5.43 Å². The van der Waals surface area contributed by atoms with E-state index >= 15 is 0 Å². The molecule has 1 amide bonds. The number of amides is 1. The van der Waals surface area contributed by atoms with Gasteiger partial charge in [-0.05, 0) is 35.9 Å². The Bertz CT molecular complexity index is 672. The van der Waals surface area contributed by atoms with Crippen molar-refractivity contribution in [2.45, 2.75) is 0 Å². The van der Waals surface area contributed by atoms with Crippen molar-refractivity contribution in [2.75, 3.05) is 0 Å². The van der Waals surface area contributed by atoms with Gasteiger partial charge in [0.25, 0.3) is 5.91 Å². The van der Waals surface area contributed by atoms with Crippen molar-refractivity contribution in [2.24, 2.45) is 5.10 Å². The van der Waals surface area contributed by atoms with Gasteiger partial charge >= 0.3 is 0 Å². The van der Waals surface area contributed by atoms with Gasteiger partial charge < -0.3 is 5.11 Å². The Morgan fingerprint density at radius 1 is 1.15 bits per heavy atom. The van der Waals surface area contributed by atoms with E-state index in [1.165, 1.54) is 24.4 Å². The molecule has 2 rings (SSSR count). The maximum absolute atomic E-state index is 11.8. The average Bonchev–Trinajstić information content (AvgIpc) is 2.41. The Hall–Kier alpha value is -2.04. The second-order valence-electron chi connectivity index (χ2n) is 3.92. The largest absolute Gasteiger partial charge is 0.507 e. The average molecular weight is 309 g/mol. The normalized spacial score (nSPS) is 10.7. The molecule has 0 saturated heterocycles. The van der Waals surface area contributed by atoms with Crippen LogP contribution in [0, 0.1) is 0 Å². The first kappa shape index (κ1) is 14.4. The Balaban J connectivity index is 2.07. The molecule has 0 aliphatic rings. The van der Waals surface area contributed by atoms with Crippen LogP contribution in [0.2, 0.25) is 10.0 Å². The second kappa shape index (κ2) is 6.41. The quantitative estimate of drug-likeness (QED) is 0.674. The lowest BCUT2D eigenvalue weighted by Gasteiger charge is -2.03. The number of hydrogen-bond donors (Lipinski definition) is 2. The highest BCUT2D eigenvalue weighted by atomic mass is 35.5. The molecule has 20 heavy (non-hydrogen) atoms. The van der Waals surface area contributed by atoms with E-state index in [4.69, 9.17) is 23.2 Å². The molecule has 0 aliphatic carbocycles. The third-order valence-corrected chi connectivity index (χ3v) is 2.90. The van der Waals surface area contributed by atoms with Gasteiger partial charge in [-0.3, -0.25) is 4.79 Å². The minimum Gasteiger partial charge on any atom is -0.507 e. The summed E-state index contributed by atoms with van der Waals surface area (Å²) in [5.41, 5.74) is 3.10. The maximum atomic E-state index is 11.8. The number of hydrazone groups is 1. The molecule has 0 heterocycles. The van der Waals surface area contributed by atoms with E-state index in [1.807, 2.05) is 0 Å². The van der Waals surface area contributed by atoms with Gasteiger partial charge in [-0.2, -0.15) is 5.10 Å². The maximum Gasteiger partial charge on any atom is 0.275 e. The highest BCUT2D eigenvalue weighted by Crippen LogP contribution is 2.21. The lowest BCUT2D eigenvalue weighted by molar-refractivity contribution is 0.0952. The van der Waals surface area contributed by atoms with E-state index in [2.05, 4.69) is 10.5 Å². The number of rotatable bonds is 3. The van der Waals surface area contributed by atoms with Crippen LogP contribution < -0.4 is 5.43 Å². The Kier molecular flexibility index (Phi) is 4.61. The molecular formula is C14H10Cl2N2O2. The van der Waals surface area contributed by atoms with Crippen molar-refractivity contribution in [3.8, 4) is 5.75 Å². The SMILES string of the molecule is O=C(NN=Cc1cccc(Cl)c1)c1cc(Cl)ccc1O. The molecular weight excluding hydrogens is 299 g/mol. The van der Waals surface area contributed by atoms with Gasteiger partial charge in [-0.1, -0.05) is 35.3 Å². The summed E-state index contributed by atoms with van der Waals surface area (Å²) in [5.74, 6) is -0.715. The summed E-state index contributed by atoms with van der Waals surface area (Å²) >= 11 is 11.6. The second-order valence-corrected chi connectivity index (χ2v) is 4.79. The molecule has 4 nitrogen and oxygen atoms in total. The molecule has 0 spiro atoms. The van der Waals surface area contributed by atoms with E-state index in [1.54, 1.807) is 24.3 Å². The van der Waals surface area contributed by atoms with Gasteiger partial charge in [0.2, 0.25) is 0 Å². The molecule has 0 saturated carbocycles. The minimum absolute atomic E-state index is 0.0562. The molecule has 2 N–H and O–H groups in total. The number of aromatic hydroxyl groups is 1. The fourth-order valence-electron chi connectivity index (χ4n) is 1.50. The first-order valence-corrected chi connectivity index (χ1v) is 6.39. The number of carbonyl (C=O) groups is 1. The Morgan fingerprint density at radius 2 is 1.90 bits per heavy atom. The lowest BCUT2D eigenvalue weighted by atomic mass is 10.2.